The fraction of sp³-hybridized carbons (Fsp3) is 0.609. The van der Waals surface area contributed by atoms with Crippen LogP contribution in [0.1, 0.15) is 57.3 Å². The van der Waals surface area contributed by atoms with E-state index in [1.54, 1.807) is 12.1 Å². The maximum absolute atomic E-state index is 13.9. The minimum absolute atomic E-state index is 0.165. The van der Waals surface area contributed by atoms with Gasteiger partial charge < -0.3 is 9.32 Å². The SMILES string of the molecule is O=C(N(Cc1nnc(-c2ccc(Cl)cc2)o1)C1CC1)C12CC3CC(CC(Cl)(C3)C1)C2. The second-order valence-corrected chi connectivity index (χ2v) is 11.3. The van der Waals surface area contributed by atoms with E-state index in [1.807, 2.05) is 17.0 Å². The number of nitrogens with zero attached hydrogens (tertiary/aromatic N) is 3. The fourth-order valence-electron chi connectivity index (χ4n) is 6.63. The van der Waals surface area contributed by atoms with Gasteiger partial charge in [0, 0.05) is 21.5 Å². The molecule has 158 valence electrons. The molecule has 7 rings (SSSR count). The van der Waals surface area contributed by atoms with E-state index in [0.717, 1.165) is 50.5 Å². The number of rotatable bonds is 5. The predicted octanol–water partition coefficient (Wildman–Crippen LogP) is 5.46. The van der Waals surface area contributed by atoms with Crippen molar-refractivity contribution in [3.8, 4) is 11.5 Å². The van der Waals surface area contributed by atoms with Crippen molar-refractivity contribution in [1.29, 1.82) is 0 Å². The monoisotopic (exact) mass is 445 g/mol. The minimum atomic E-state index is -0.284. The summed E-state index contributed by atoms with van der Waals surface area (Å²) < 4.78 is 5.92. The summed E-state index contributed by atoms with van der Waals surface area (Å²) in [7, 11) is 0. The number of carbonyl (C=O) groups is 1. The highest BCUT2D eigenvalue weighted by atomic mass is 35.5. The Bertz CT molecular complexity index is 971. The number of amides is 1. The molecule has 30 heavy (non-hydrogen) atoms. The lowest BCUT2D eigenvalue weighted by Gasteiger charge is -2.59. The van der Waals surface area contributed by atoms with Crippen LogP contribution in [0.3, 0.4) is 0 Å². The second-order valence-electron chi connectivity index (χ2n) is 10.1. The van der Waals surface area contributed by atoms with E-state index in [2.05, 4.69) is 10.2 Å². The summed E-state index contributed by atoms with van der Waals surface area (Å²) in [4.78, 5) is 15.8. The van der Waals surface area contributed by atoms with Crippen LogP contribution in [0.15, 0.2) is 28.7 Å². The third kappa shape index (κ3) is 3.25. The summed E-state index contributed by atoms with van der Waals surface area (Å²) in [5, 5.41) is 9.09. The summed E-state index contributed by atoms with van der Waals surface area (Å²) >= 11 is 13.0. The Labute approximate surface area is 186 Å². The Morgan fingerprint density at radius 1 is 1.10 bits per heavy atom. The van der Waals surface area contributed by atoms with Gasteiger partial charge in [-0.25, -0.2) is 0 Å². The number of halogens is 2. The van der Waals surface area contributed by atoms with Gasteiger partial charge in [0.25, 0.3) is 0 Å². The number of carbonyl (C=O) groups excluding carboxylic acids is 1. The van der Waals surface area contributed by atoms with Gasteiger partial charge >= 0.3 is 0 Å². The van der Waals surface area contributed by atoms with E-state index in [-0.39, 0.29) is 16.2 Å². The molecular weight excluding hydrogens is 421 g/mol. The first-order valence-corrected chi connectivity index (χ1v) is 11.8. The molecule has 1 aromatic carbocycles. The van der Waals surface area contributed by atoms with Crippen LogP contribution in [0.4, 0.5) is 0 Å². The van der Waals surface area contributed by atoms with E-state index >= 15 is 0 Å². The maximum atomic E-state index is 13.9. The van der Waals surface area contributed by atoms with Crippen molar-refractivity contribution in [3.63, 3.8) is 0 Å². The van der Waals surface area contributed by atoms with Crippen molar-refractivity contribution in [2.24, 2.45) is 17.3 Å². The molecule has 2 aromatic rings. The van der Waals surface area contributed by atoms with Gasteiger partial charge in [0.2, 0.25) is 17.7 Å². The van der Waals surface area contributed by atoms with Crippen molar-refractivity contribution < 1.29 is 9.21 Å². The molecule has 0 N–H and O–H groups in total. The van der Waals surface area contributed by atoms with E-state index in [0.29, 0.717) is 41.2 Å². The number of hydrogen-bond acceptors (Lipinski definition) is 4. The molecule has 4 bridgehead atoms. The Balaban J connectivity index is 1.25. The largest absolute Gasteiger partial charge is 0.419 e. The summed E-state index contributed by atoms with van der Waals surface area (Å²) in [6, 6.07) is 7.62. The molecule has 1 heterocycles. The lowest BCUT2D eigenvalue weighted by Crippen LogP contribution is -2.59. The van der Waals surface area contributed by atoms with Crippen molar-refractivity contribution in [2.45, 2.75) is 68.8 Å². The third-order valence-electron chi connectivity index (χ3n) is 7.56. The van der Waals surface area contributed by atoms with Crippen LogP contribution in [-0.2, 0) is 11.3 Å². The van der Waals surface area contributed by atoms with Gasteiger partial charge in [-0.1, -0.05) is 11.6 Å². The lowest BCUT2D eigenvalue weighted by molar-refractivity contribution is -0.157. The number of benzene rings is 1. The van der Waals surface area contributed by atoms with Crippen LogP contribution in [0.5, 0.6) is 0 Å². The number of alkyl halides is 1. The maximum Gasteiger partial charge on any atom is 0.247 e. The highest BCUT2D eigenvalue weighted by Gasteiger charge is 2.61. The quantitative estimate of drug-likeness (QED) is 0.573. The molecule has 1 aromatic heterocycles. The zero-order chi connectivity index (χ0) is 20.5. The number of hydrogen-bond donors (Lipinski definition) is 0. The first kappa shape index (κ1) is 19.1. The molecule has 5 aliphatic rings. The smallest absolute Gasteiger partial charge is 0.247 e. The lowest BCUT2D eigenvalue weighted by atomic mass is 9.49. The Morgan fingerprint density at radius 2 is 1.80 bits per heavy atom. The number of aromatic nitrogens is 2. The zero-order valence-corrected chi connectivity index (χ0v) is 18.3. The zero-order valence-electron chi connectivity index (χ0n) is 16.8. The second kappa shape index (κ2) is 6.70. The molecule has 0 aliphatic heterocycles. The molecule has 0 radical (unpaired) electrons. The molecule has 0 spiro atoms. The summed E-state index contributed by atoms with van der Waals surface area (Å²) in [6.45, 7) is 0.385. The molecule has 5 nitrogen and oxygen atoms in total. The van der Waals surface area contributed by atoms with E-state index in [1.165, 1.54) is 6.42 Å². The standard InChI is InChI=1S/C23H25Cl2N3O2/c24-17-3-1-16(2-4-17)20-27-26-19(30-20)12-28(18-5-6-18)21(29)22-8-14-7-15(9-22)11-23(25,10-14)13-22/h1-4,14-15,18H,5-13H2. The van der Waals surface area contributed by atoms with Gasteiger partial charge in [0.15, 0.2) is 0 Å². The molecule has 5 aliphatic carbocycles. The molecule has 5 fully saturated rings. The first-order valence-electron chi connectivity index (χ1n) is 11.0. The van der Waals surface area contributed by atoms with Crippen molar-refractivity contribution in [3.05, 3.63) is 35.2 Å². The van der Waals surface area contributed by atoms with Crippen LogP contribution >= 0.6 is 23.2 Å². The van der Waals surface area contributed by atoms with Gasteiger partial charge in [-0.3, -0.25) is 4.79 Å². The van der Waals surface area contributed by atoms with Crippen molar-refractivity contribution in [2.75, 3.05) is 0 Å². The fourth-order valence-corrected chi connectivity index (χ4v) is 7.45. The molecule has 2 atom stereocenters. The Morgan fingerprint density at radius 3 is 2.43 bits per heavy atom. The molecule has 2 unspecified atom stereocenters. The average molecular weight is 446 g/mol. The summed E-state index contributed by atoms with van der Waals surface area (Å²) in [6.07, 6.45) is 8.35. The Kier molecular flexibility index (Phi) is 4.27. The van der Waals surface area contributed by atoms with Gasteiger partial charge in [-0.05, 0) is 87.5 Å². The van der Waals surface area contributed by atoms with Crippen molar-refractivity contribution in [1.82, 2.24) is 15.1 Å². The predicted molar refractivity (Wildman–Crippen MR) is 114 cm³/mol. The van der Waals surface area contributed by atoms with Crippen LogP contribution in [0, 0.1) is 17.3 Å². The molecule has 1 amide bonds. The molecule has 7 heteroatoms. The Hall–Kier alpha value is -1.59. The third-order valence-corrected chi connectivity index (χ3v) is 8.25. The van der Waals surface area contributed by atoms with E-state index < -0.39 is 0 Å². The van der Waals surface area contributed by atoms with Gasteiger partial charge in [-0.15, -0.1) is 21.8 Å². The van der Waals surface area contributed by atoms with Gasteiger partial charge in [0.1, 0.15) is 0 Å². The minimum Gasteiger partial charge on any atom is -0.419 e. The van der Waals surface area contributed by atoms with E-state index in [4.69, 9.17) is 27.6 Å². The normalized spacial score (nSPS) is 34.3. The van der Waals surface area contributed by atoms with Gasteiger partial charge in [0.05, 0.1) is 12.0 Å². The van der Waals surface area contributed by atoms with Gasteiger partial charge in [-0.2, -0.15) is 0 Å². The van der Waals surface area contributed by atoms with Crippen LogP contribution in [-0.4, -0.2) is 31.9 Å². The van der Waals surface area contributed by atoms with Crippen LogP contribution < -0.4 is 0 Å². The highest BCUT2D eigenvalue weighted by Crippen LogP contribution is 2.64. The highest BCUT2D eigenvalue weighted by molar-refractivity contribution is 6.30. The first-order chi connectivity index (χ1) is 14.4. The van der Waals surface area contributed by atoms with Crippen LogP contribution in [0.2, 0.25) is 5.02 Å². The summed E-state index contributed by atoms with van der Waals surface area (Å²) in [5.41, 5.74) is 0.542. The van der Waals surface area contributed by atoms with E-state index in [9.17, 15) is 4.79 Å². The van der Waals surface area contributed by atoms with Crippen LogP contribution in [0.25, 0.3) is 11.5 Å². The van der Waals surface area contributed by atoms with Crippen molar-refractivity contribution >= 4 is 29.1 Å². The topological polar surface area (TPSA) is 59.2 Å². The molecular formula is C23H25Cl2N3O2. The summed E-state index contributed by atoms with van der Waals surface area (Å²) in [5.74, 6) is 2.43. The molecule has 5 saturated carbocycles. The average Bonchev–Trinajstić information content (AvgIpc) is 3.42. The molecule has 0 saturated heterocycles.